The van der Waals surface area contributed by atoms with Crippen LogP contribution in [0.5, 0.6) is 5.75 Å². The Morgan fingerprint density at radius 2 is 1.75 bits per heavy atom. The highest BCUT2D eigenvalue weighted by atomic mass is 19.1. The molecule has 106 valence electrons. The van der Waals surface area contributed by atoms with Crippen molar-refractivity contribution in [1.29, 1.82) is 0 Å². The van der Waals surface area contributed by atoms with Crippen LogP contribution in [0, 0.1) is 5.82 Å². The van der Waals surface area contributed by atoms with Crippen molar-refractivity contribution in [3.63, 3.8) is 0 Å². The minimum absolute atomic E-state index is 0.0444. The monoisotopic (exact) mass is 275 g/mol. The zero-order valence-electron chi connectivity index (χ0n) is 11.4. The molecule has 0 saturated heterocycles. The molecule has 0 heterocycles. The summed E-state index contributed by atoms with van der Waals surface area (Å²) in [5.74, 6) is -0.0604. The van der Waals surface area contributed by atoms with Crippen molar-refractivity contribution in [2.24, 2.45) is 0 Å². The number of hydrogen-bond acceptors (Lipinski definition) is 3. The van der Waals surface area contributed by atoms with Gasteiger partial charge in [-0.05, 0) is 17.2 Å². The molecule has 0 unspecified atom stereocenters. The number of benzene rings is 2. The molecule has 2 rings (SSSR count). The quantitative estimate of drug-likeness (QED) is 0.851. The van der Waals surface area contributed by atoms with Gasteiger partial charge < -0.3 is 15.2 Å². The first-order valence-electron chi connectivity index (χ1n) is 6.45. The maximum atomic E-state index is 13.9. The van der Waals surface area contributed by atoms with Gasteiger partial charge in [-0.15, -0.1) is 0 Å². The first-order chi connectivity index (χ1) is 9.74. The van der Waals surface area contributed by atoms with Crippen molar-refractivity contribution in [2.45, 2.75) is 19.7 Å². The fourth-order valence-electron chi connectivity index (χ4n) is 1.95. The van der Waals surface area contributed by atoms with Gasteiger partial charge in [0.2, 0.25) is 0 Å². The molecule has 0 aliphatic carbocycles. The van der Waals surface area contributed by atoms with Crippen LogP contribution >= 0.6 is 0 Å². The van der Waals surface area contributed by atoms with Gasteiger partial charge in [-0.25, -0.2) is 4.39 Å². The molecule has 0 aliphatic heterocycles. The molecule has 4 heteroatoms. The van der Waals surface area contributed by atoms with Crippen LogP contribution in [0.25, 0.3) is 0 Å². The van der Waals surface area contributed by atoms with E-state index in [9.17, 15) is 4.39 Å². The molecule has 3 nitrogen and oxygen atoms in total. The molecule has 2 N–H and O–H groups in total. The Morgan fingerprint density at radius 1 is 1.05 bits per heavy atom. The third-order valence-electron chi connectivity index (χ3n) is 3.11. The van der Waals surface area contributed by atoms with Gasteiger partial charge in [0, 0.05) is 18.7 Å². The lowest BCUT2D eigenvalue weighted by molar-refractivity contribution is 0.282. The molecule has 0 spiro atoms. The lowest BCUT2D eigenvalue weighted by Crippen LogP contribution is -2.14. The number of methoxy groups -OCH3 is 1. The number of halogens is 1. The second-order valence-corrected chi connectivity index (χ2v) is 4.51. The summed E-state index contributed by atoms with van der Waals surface area (Å²) in [5, 5.41) is 12.2. The number of rotatable bonds is 6. The van der Waals surface area contributed by atoms with Gasteiger partial charge in [0.05, 0.1) is 13.7 Å². The van der Waals surface area contributed by atoms with E-state index in [2.05, 4.69) is 5.32 Å². The summed E-state index contributed by atoms with van der Waals surface area (Å²) < 4.78 is 18.9. The van der Waals surface area contributed by atoms with Crippen molar-refractivity contribution in [3.8, 4) is 5.75 Å². The highest BCUT2D eigenvalue weighted by Crippen LogP contribution is 2.19. The van der Waals surface area contributed by atoms with E-state index in [1.54, 1.807) is 18.2 Å². The fraction of sp³-hybridized carbons (Fsp3) is 0.250. The molecule has 0 saturated carbocycles. The van der Waals surface area contributed by atoms with Gasteiger partial charge in [-0.2, -0.15) is 0 Å². The van der Waals surface area contributed by atoms with Gasteiger partial charge in [0.15, 0.2) is 11.6 Å². The lowest BCUT2D eigenvalue weighted by Gasteiger charge is -2.09. The average molecular weight is 275 g/mol. The Balaban J connectivity index is 1.92. The standard InChI is InChI=1S/C16H18FNO2/c1-20-15-4-2-3-14(16(15)17)10-18-9-12-5-7-13(11-19)8-6-12/h2-8,18-19H,9-11H2,1H3. The van der Waals surface area contributed by atoms with Gasteiger partial charge in [-0.3, -0.25) is 0 Å². The van der Waals surface area contributed by atoms with Gasteiger partial charge in [0.25, 0.3) is 0 Å². The minimum Gasteiger partial charge on any atom is -0.494 e. The second-order valence-electron chi connectivity index (χ2n) is 4.51. The Kier molecular flexibility index (Phi) is 5.09. The average Bonchev–Trinajstić information content (AvgIpc) is 2.49. The van der Waals surface area contributed by atoms with E-state index in [4.69, 9.17) is 9.84 Å². The number of ether oxygens (including phenoxy) is 1. The topological polar surface area (TPSA) is 41.5 Å². The minimum atomic E-state index is -0.321. The van der Waals surface area contributed by atoms with Gasteiger partial charge in [0.1, 0.15) is 0 Å². The third-order valence-corrected chi connectivity index (χ3v) is 3.11. The summed E-state index contributed by atoms with van der Waals surface area (Å²) in [5.41, 5.74) is 2.55. The van der Waals surface area contributed by atoms with Crippen LogP contribution in [0.2, 0.25) is 0 Å². The summed E-state index contributed by atoms with van der Waals surface area (Å²) in [6.45, 7) is 1.12. The molecule has 2 aromatic carbocycles. The molecule has 20 heavy (non-hydrogen) atoms. The zero-order chi connectivity index (χ0) is 14.4. The number of nitrogens with one attached hydrogen (secondary N) is 1. The summed E-state index contributed by atoms with van der Waals surface area (Å²) in [6.07, 6.45) is 0. The van der Waals surface area contributed by atoms with Crippen molar-refractivity contribution < 1.29 is 14.2 Å². The summed E-state index contributed by atoms with van der Waals surface area (Å²) >= 11 is 0. The van der Waals surface area contributed by atoms with Crippen LogP contribution in [0.1, 0.15) is 16.7 Å². The smallest absolute Gasteiger partial charge is 0.169 e. The van der Waals surface area contributed by atoms with Crippen LogP contribution < -0.4 is 10.1 Å². The van der Waals surface area contributed by atoms with Gasteiger partial charge >= 0.3 is 0 Å². The van der Waals surface area contributed by atoms with E-state index < -0.39 is 0 Å². The molecule has 0 aromatic heterocycles. The van der Waals surface area contributed by atoms with Gasteiger partial charge in [-0.1, -0.05) is 36.4 Å². The first-order valence-corrected chi connectivity index (χ1v) is 6.45. The molecular weight excluding hydrogens is 257 g/mol. The Labute approximate surface area is 118 Å². The van der Waals surface area contributed by atoms with E-state index in [0.717, 1.165) is 11.1 Å². The van der Waals surface area contributed by atoms with Crippen molar-refractivity contribution in [1.82, 2.24) is 5.32 Å². The molecule has 0 aliphatic rings. The Hall–Kier alpha value is -1.91. The molecule has 0 bridgehead atoms. The molecule has 0 amide bonds. The summed E-state index contributed by atoms with van der Waals surface area (Å²) in [7, 11) is 1.46. The predicted molar refractivity (Wildman–Crippen MR) is 75.9 cm³/mol. The van der Waals surface area contributed by atoms with E-state index >= 15 is 0 Å². The van der Waals surface area contributed by atoms with Crippen LogP contribution in [0.4, 0.5) is 4.39 Å². The number of aliphatic hydroxyl groups excluding tert-OH is 1. The maximum Gasteiger partial charge on any atom is 0.169 e. The van der Waals surface area contributed by atoms with E-state index in [-0.39, 0.29) is 18.2 Å². The largest absolute Gasteiger partial charge is 0.494 e. The highest BCUT2D eigenvalue weighted by Gasteiger charge is 2.07. The Morgan fingerprint density at radius 3 is 2.40 bits per heavy atom. The molecule has 0 fully saturated rings. The number of hydrogen-bond donors (Lipinski definition) is 2. The van der Waals surface area contributed by atoms with E-state index in [0.29, 0.717) is 18.7 Å². The molecular formula is C16H18FNO2. The molecule has 0 radical (unpaired) electrons. The van der Waals surface area contributed by atoms with Crippen LogP contribution in [0.15, 0.2) is 42.5 Å². The van der Waals surface area contributed by atoms with Crippen molar-refractivity contribution in [2.75, 3.05) is 7.11 Å². The maximum absolute atomic E-state index is 13.9. The Bertz CT molecular complexity index is 555. The SMILES string of the molecule is COc1cccc(CNCc2ccc(CO)cc2)c1F. The van der Waals surface area contributed by atoms with E-state index in [1.807, 2.05) is 24.3 Å². The normalized spacial score (nSPS) is 10.6. The van der Waals surface area contributed by atoms with Crippen molar-refractivity contribution >= 4 is 0 Å². The predicted octanol–water partition coefficient (Wildman–Crippen LogP) is 2.62. The fourth-order valence-corrected chi connectivity index (χ4v) is 1.95. The zero-order valence-corrected chi connectivity index (χ0v) is 11.4. The lowest BCUT2D eigenvalue weighted by atomic mass is 10.1. The van der Waals surface area contributed by atoms with E-state index in [1.165, 1.54) is 7.11 Å². The third kappa shape index (κ3) is 3.56. The molecule has 0 atom stereocenters. The first kappa shape index (κ1) is 14.5. The van der Waals surface area contributed by atoms with Crippen LogP contribution in [0.3, 0.4) is 0 Å². The van der Waals surface area contributed by atoms with Crippen molar-refractivity contribution in [3.05, 3.63) is 65.0 Å². The summed E-state index contributed by atoms with van der Waals surface area (Å²) in [4.78, 5) is 0. The van der Waals surface area contributed by atoms with Crippen LogP contribution in [-0.2, 0) is 19.7 Å². The highest BCUT2D eigenvalue weighted by molar-refractivity contribution is 5.31. The molecule has 2 aromatic rings. The second kappa shape index (κ2) is 7.03. The summed E-state index contributed by atoms with van der Waals surface area (Å²) in [6, 6.07) is 12.8. The number of aliphatic hydroxyl groups is 1. The van der Waals surface area contributed by atoms with Crippen LogP contribution in [-0.4, -0.2) is 12.2 Å².